The Balaban J connectivity index is -0.0000000720. The molecule has 0 atom stereocenters. The summed E-state index contributed by atoms with van der Waals surface area (Å²) in [6.45, 7) is 0. The molecule has 9 heavy (non-hydrogen) atoms. The van der Waals surface area contributed by atoms with Crippen LogP contribution in [-0.2, 0) is 9.13 Å². The van der Waals surface area contributed by atoms with Gasteiger partial charge in [-0.1, -0.05) is 16.5 Å². The third kappa shape index (κ3) is 219. The second-order valence-electron chi connectivity index (χ2n) is 0.500. The number of hydrogen-bond acceptors (Lipinski definition) is 6. The Morgan fingerprint density at radius 3 is 0.778 bits per heavy atom. The third-order valence-corrected chi connectivity index (χ3v) is 0. The van der Waals surface area contributed by atoms with Crippen LogP contribution in [0.3, 0.4) is 0 Å². The van der Waals surface area contributed by atoms with Crippen LogP contribution in [0.5, 0.6) is 0 Å². The smallest absolute Gasteiger partial charge is 0.813 e. The molecule has 0 aliphatic carbocycles. The Hall–Kier alpha value is 1.59. The average molecular weight is 319 g/mol. The van der Waals surface area contributed by atoms with Crippen molar-refractivity contribution in [3.05, 3.63) is 0 Å². The molecule has 0 unspecified atom stereocenters. The summed E-state index contributed by atoms with van der Waals surface area (Å²) in [7, 11) is -7.26. The summed E-state index contributed by atoms with van der Waals surface area (Å²) in [5, 5.41) is 0. The van der Waals surface area contributed by atoms with Gasteiger partial charge in [0.05, 0.1) is 0 Å². The van der Waals surface area contributed by atoms with Crippen LogP contribution in [0, 0.1) is 38.6 Å². The molecule has 57 valence electrons. The van der Waals surface area contributed by atoms with Gasteiger partial charge in [0.2, 0.25) is 0 Å². The van der Waals surface area contributed by atoms with Crippen molar-refractivity contribution >= 4 is 16.5 Å². The topological polar surface area (TPSA) is 126 Å². The molecule has 0 aromatic heterocycles. The van der Waals surface area contributed by atoms with Crippen LogP contribution >= 0.6 is 16.5 Å². The van der Waals surface area contributed by atoms with Crippen molar-refractivity contribution in [3.8, 4) is 0 Å². The van der Waals surface area contributed by atoms with Gasteiger partial charge in [0.15, 0.2) is 0 Å². The normalized spacial score (nSPS) is 7.78. The summed E-state index contributed by atoms with van der Waals surface area (Å²) in [6, 6.07) is 0. The first-order valence-corrected chi connectivity index (χ1v) is 3.67. The van der Waals surface area contributed by atoms with Crippen molar-refractivity contribution in [3.63, 3.8) is 0 Å². The molecule has 0 heterocycles. The zero-order chi connectivity index (χ0) is 7.15. The van der Waals surface area contributed by atoms with Gasteiger partial charge in [-0.15, -0.1) is 0 Å². The van der Waals surface area contributed by atoms with Gasteiger partial charge < -0.3 is 28.7 Å². The molecule has 0 bridgehead atoms. The van der Waals surface area contributed by atoms with Crippen molar-refractivity contribution in [1.29, 1.82) is 0 Å². The molecule has 9 heteroatoms. The summed E-state index contributed by atoms with van der Waals surface area (Å²) in [5.74, 6) is 0. The predicted octanol–water partition coefficient (Wildman–Crippen LogP) is -3.81. The van der Waals surface area contributed by atoms with E-state index >= 15 is 0 Å². The molecule has 1 radical (unpaired) electrons. The van der Waals surface area contributed by atoms with Crippen molar-refractivity contribution in [1.82, 2.24) is 0 Å². The maximum Gasteiger partial charge on any atom is 4.00 e. The fourth-order valence-electron chi connectivity index (χ4n) is 0. The van der Waals surface area contributed by atoms with Gasteiger partial charge in [0.25, 0.3) is 0 Å². The van der Waals surface area contributed by atoms with Crippen LogP contribution in [0.1, 0.15) is 0 Å². The summed E-state index contributed by atoms with van der Waals surface area (Å²) in [4.78, 5) is 34.1. The van der Waals surface area contributed by atoms with E-state index in [1.807, 2.05) is 0 Å². The Bertz CT molecular complexity index is 69.1. The maximum atomic E-state index is 8.52. The Kier molecular flexibility index (Phi) is 23.1. The Labute approximate surface area is 83.2 Å². The Morgan fingerprint density at radius 2 is 0.778 bits per heavy atom. The molecule has 0 aromatic carbocycles. The minimum absolute atomic E-state index is 0. The predicted molar refractivity (Wildman–Crippen MR) is 18.0 cm³/mol. The van der Waals surface area contributed by atoms with Crippen LogP contribution < -0.4 is 19.6 Å². The van der Waals surface area contributed by atoms with Gasteiger partial charge in [0, 0.05) is 0 Å². The van der Waals surface area contributed by atoms with E-state index in [0.717, 1.165) is 0 Å². The fraction of sp³-hybridized carbons (Fsp3) is 0. The Morgan fingerprint density at radius 1 is 0.778 bits per heavy atom. The van der Waals surface area contributed by atoms with Crippen molar-refractivity contribution in [2.24, 2.45) is 0 Å². The number of hydrogen-bond donors (Lipinski definition) is 0. The van der Waals surface area contributed by atoms with Gasteiger partial charge in [-0.05, 0) is 0 Å². The van der Waals surface area contributed by atoms with Crippen LogP contribution in [0.2, 0.25) is 0 Å². The molecule has 0 amide bonds. The van der Waals surface area contributed by atoms with Crippen LogP contribution in [0.4, 0.5) is 0 Å². The first-order chi connectivity index (χ1) is 3.46. The zero-order valence-electron chi connectivity index (χ0n) is 3.78. The van der Waals surface area contributed by atoms with Gasteiger partial charge in [0.1, 0.15) is 0 Å². The SMILES string of the molecule is O=[PH]([O-])[O-].O=[PH]([O-])[O-].[Tb+4]. The van der Waals surface area contributed by atoms with Gasteiger partial charge in [-0.25, -0.2) is 0 Å². The number of rotatable bonds is 0. The largest absolute Gasteiger partial charge is 4.00 e. The molecule has 0 saturated heterocycles. The van der Waals surface area contributed by atoms with Crippen LogP contribution in [-0.4, -0.2) is 0 Å². The summed E-state index contributed by atoms with van der Waals surface area (Å²) < 4.78 is 17.0. The van der Waals surface area contributed by atoms with E-state index in [-0.39, 0.29) is 38.6 Å². The van der Waals surface area contributed by atoms with E-state index in [0.29, 0.717) is 0 Å². The van der Waals surface area contributed by atoms with Crippen molar-refractivity contribution < 1.29 is 67.3 Å². The first kappa shape index (κ1) is 16.9. The third-order valence-electron chi connectivity index (χ3n) is 0. The van der Waals surface area contributed by atoms with Crippen molar-refractivity contribution in [2.75, 3.05) is 0 Å². The second-order valence-corrected chi connectivity index (χ2v) is 1.50. The summed E-state index contributed by atoms with van der Waals surface area (Å²) in [6.07, 6.45) is 0. The minimum atomic E-state index is -3.63. The maximum absolute atomic E-state index is 8.52. The van der Waals surface area contributed by atoms with Gasteiger partial charge in [-0.3, -0.25) is 0 Å². The molecule has 0 aliphatic heterocycles. The molecule has 0 saturated carbocycles. The minimum Gasteiger partial charge on any atom is -0.813 e. The monoisotopic (exact) mass is 319 g/mol. The zero-order valence-corrected chi connectivity index (χ0v) is 7.92. The molecule has 0 rings (SSSR count). The van der Waals surface area contributed by atoms with Crippen LogP contribution in [0.15, 0.2) is 0 Å². The summed E-state index contributed by atoms with van der Waals surface area (Å²) >= 11 is 0. The first-order valence-electron chi connectivity index (χ1n) is 1.22. The molecular formula is H2O6P2Tb. The molecule has 0 aromatic rings. The average Bonchev–Trinajstić information content (AvgIpc) is 1.25. The van der Waals surface area contributed by atoms with Gasteiger partial charge >= 0.3 is 38.6 Å². The molecule has 0 N–H and O–H groups in total. The van der Waals surface area contributed by atoms with Crippen molar-refractivity contribution in [2.45, 2.75) is 0 Å². The molecular weight excluding hydrogens is 317 g/mol. The summed E-state index contributed by atoms with van der Waals surface area (Å²) in [5.41, 5.74) is 0. The standard InChI is InChI=1S/2H3O3P.Tb/c2*1-4(2)3;/h2*4H,(H2,1,2,3);/q;;+4/p-4. The molecule has 0 aliphatic rings. The van der Waals surface area contributed by atoms with Gasteiger partial charge in [-0.2, -0.15) is 0 Å². The molecule has 0 fully saturated rings. The van der Waals surface area contributed by atoms with E-state index < -0.39 is 16.5 Å². The van der Waals surface area contributed by atoms with E-state index in [2.05, 4.69) is 0 Å². The quantitative estimate of drug-likeness (QED) is 0.421. The fourth-order valence-corrected chi connectivity index (χ4v) is 0. The van der Waals surface area contributed by atoms with E-state index in [4.69, 9.17) is 28.7 Å². The van der Waals surface area contributed by atoms with Crippen LogP contribution in [0.25, 0.3) is 0 Å². The van der Waals surface area contributed by atoms with E-state index in [9.17, 15) is 0 Å². The van der Waals surface area contributed by atoms with E-state index in [1.54, 1.807) is 0 Å². The second kappa shape index (κ2) is 12.3. The molecule has 0 spiro atoms. The van der Waals surface area contributed by atoms with E-state index in [1.165, 1.54) is 0 Å². The molecule has 6 nitrogen and oxygen atoms in total.